The second-order valence-electron chi connectivity index (χ2n) is 4.71. The molecule has 0 aromatic heterocycles. The van der Waals surface area contributed by atoms with Crippen molar-refractivity contribution in [3.05, 3.63) is 18.2 Å². The van der Waals surface area contributed by atoms with Crippen molar-refractivity contribution >= 4 is 10.0 Å². The molecule has 1 aromatic carbocycles. The van der Waals surface area contributed by atoms with Crippen LogP contribution in [0.3, 0.4) is 0 Å². The Morgan fingerprint density at radius 1 is 1.21 bits per heavy atom. The lowest BCUT2D eigenvalue weighted by Crippen LogP contribution is -2.48. The minimum Gasteiger partial charge on any atom is -0.493 e. The van der Waals surface area contributed by atoms with Gasteiger partial charge in [-0.05, 0) is 26.0 Å². The molecule has 0 amide bonds. The lowest BCUT2D eigenvalue weighted by atomic mass is 10.1. The van der Waals surface area contributed by atoms with E-state index in [4.69, 9.17) is 15.2 Å². The molecule has 0 aliphatic rings. The average molecular weight is 288 g/mol. The van der Waals surface area contributed by atoms with Gasteiger partial charge in [-0.3, -0.25) is 0 Å². The van der Waals surface area contributed by atoms with Crippen LogP contribution in [0.2, 0.25) is 0 Å². The van der Waals surface area contributed by atoms with Crippen LogP contribution in [-0.2, 0) is 10.0 Å². The van der Waals surface area contributed by atoms with E-state index < -0.39 is 15.6 Å². The zero-order chi connectivity index (χ0) is 14.7. The molecular formula is C12H20N2O4S. The molecule has 7 heteroatoms. The van der Waals surface area contributed by atoms with Crippen molar-refractivity contribution in [2.75, 3.05) is 20.8 Å². The fourth-order valence-corrected chi connectivity index (χ4v) is 2.89. The SMILES string of the molecule is COc1ccc(S(=O)(=O)NC(C)(C)CN)cc1OC. The van der Waals surface area contributed by atoms with Gasteiger partial charge in [-0.25, -0.2) is 13.1 Å². The highest BCUT2D eigenvalue weighted by Crippen LogP contribution is 2.29. The molecule has 19 heavy (non-hydrogen) atoms. The third-order valence-corrected chi connectivity index (χ3v) is 4.28. The van der Waals surface area contributed by atoms with Crippen LogP contribution in [0.15, 0.2) is 23.1 Å². The minimum absolute atomic E-state index is 0.103. The second-order valence-corrected chi connectivity index (χ2v) is 6.39. The van der Waals surface area contributed by atoms with Crippen molar-refractivity contribution in [3.63, 3.8) is 0 Å². The van der Waals surface area contributed by atoms with Crippen molar-refractivity contribution in [3.8, 4) is 11.5 Å². The van der Waals surface area contributed by atoms with Gasteiger partial charge in [-0.15, -0.1) is 0 Å². The Labute approximate surface area is 113 Å². The summed E-state index contributed by atoms with van der Waals surface area (Å²) in [5, 5.41) is 0. The van der Waals surface area contributed by atoms with E-state index in [9.17, 15) is 8.42 Å². The average Bonchev–Trinajstić information content (AvgIpc) is 2.36. The van der Waals surface area contributed by atoms with Gasteiger partial charge in [-0.1, -0.05) is 0 Å². The van der Waals surface area contributed by atoms with Crippen molar-refractivity contribution in [2.24, 2.45) is 5.73 Å². The predicted octanol–water partition coefficient (Wildman–Crippen LogP) is 0.719. The molecule has 0 saturated heterocycles. The molecule has 6 nitrogen and oxygen atoms in total. The maximum absolute atomic E-state index is 12.2. The van der Waals surface area contributed by atoms with E-state index in [2.05, 4.69) is 4.72 Å². The minimum atomic E-state index is -3.65. The van der Waals surface area contributed by atoms with Gasteiger partial charge in [0.1, 0.15) is 0 Å². The van der Waals surface area contributed by atoms with Crippen LogP contribution in [0.4, 0.5) is 0 Å². The lowest BCUT2D eigenvalue weighted by molar-refractivity contribution is 0.353. The number of nitrogens with two attached hydrogens (primary N) is 1. The fourth-order valence-electron chi connectivity index (χ4n) is 1.45. The first kappa shape index (κ1) is 15.7. The molecule has 0 spiro atoms. The number of ether oxygens (including phenoxy) is 2. The molecule has 0 atom stereocenters. The largest absolute Gasteiger partial charge is 0.493 e. The van der Waals surface area contributed by atoms with E-state index in [1.54, 1.807) is 19.9 Å². The Hall–Kier alpha value is -1.31. The zero-order valence-electron chi connectivity index (χ0n) is 11.6. The molecule has 0 fully saturated rings. The van der Waals surface area contributed by atoms with Gasteiger partial charge in [0.15, 0.2) is 11.5 Å². The standard InChI is InChI=1S/C12H20N2O4S/c1-12(2,8-13)14-19(15,16)9-5-6-10(17-3)11(7-9)18-4/h5-7,14H,8,13H2,1-4H3. The van der Waals surface area contributed by atoms with Crippen molar-refractivity contribution in [2.45, 2.75) is 24.3 Å². The van der Waals surface area contributed by atoms with Gasteiger partial charge in [0.05, 0.1) is 19.1 Å². The summed E-state index contributed by atoms with van der Waals surface area (Å²) < 4.78 is 37.1. The first-order chi connectivity index (χ1) is 8.75. The summed E-state index contributed by atoms with van der Waals surface area (Å²) in [5.74, 6) is 0.829. The van der Waals surface area contributed by atoms with Crippen molar-refractivity contribution in [1.82, 2.24) is 4.72 Å². The summed E-state index contributed by atoms with van der Waals surface area (Å²) in [6.45, 7) is 3.62. The Morgan fingerprint density at radius 3 is 2.26 bits per heavy atom. The van der Waals surface area contributed by atoms with Crippen LogP contribution in [0.5, 0.6) is 11.5 Å². The van der Waals surface area contributed by atoms with Gasteiger partial charge in [0.2, 0.25) is 10.0 Å². The van der Waals surface area contributed by atoms with Crippen LogP contribution < -0.4 is 19.9 Å². The van der Waals surface area contributed by atoms with E-state index >= 15 is 0 Å². The van der Waals surface area contributed by atoms with Gasteiger partial charge in [-0.2, -0.15) is 0 Å². The molecule has 108 valence electrons. The van der Waals surface area contributed by atoms with E-state index in [-0.39, 0.29) is 11.4 Å². The Kier molecular flexibility index (Phi) is 4.78. The Bertz CT molecular complexity index is 541. The summed E-state index contributed by atoms with van der Waals surface area (Å²) >= 11 is 0. The summed E-state index contributed by atoms with van der Waals surface area (Å²) in [6, 6.07) is 4.41. The predicted molar refractivity (Wildman–Crippen MR) is 73.0 cm³/mol. The van der Waals surface area contributed by atoms with Gasteiger partial charge >= 0.3 is 0 Å². The molecule has 0 radical (unpaired) electrons. The quantitative estimate of drug-likeness (QED) is 0.805. The van der Waals surface area contributed by atoms with Crippen LogP contribution in [0.1, 0.15) is 13.8 Å². The third-order valence-electron chi connectivity index (χ3n) is 2.59. The van der Waals surface area contributed by atoms with Crippen molar-refractivity contribution in [1.29, 1.82) is 0 Å². The fraction of sp³-hybridized carbons (Fsp3) is 0.500. The summed E-state index contributed by atoms with van der Waals surface area (Å²) in [5.41, 5.74) is 4.81. The van der Waals surface area contributed by atoms with E-state index in [1.165, 1.54) is 26.4 Å². The molecule has 1 aromatic rings. The molecular weight excluding hydrogens is 268 g/mol. The first-order valence-corrected chi connectivity index (χ1v) is 7.20. The number of rotatable bonds is 6. The molecule has 0 heterocycles. The van der Waals surface area contributed by atoms with Crippen LogP contribution in [0, 0.1) is 0 Å². The second kappa shape index (κ2) is 5.77. The zero-order valence-corrected chi connectivity index (χ0v) is 12.4. The third kappa shape index (κ3) is 3.82. The first-order valence-electron chi connectivity index (χ1n) is 5.72. The maximum Gasteiger partial charge on any atom is 0.241 e. The monoisotopic (exact) mass is 288 g/mol. The van der Waals surface area contributed by atoms with E-state index in [1.807, 2.05) is 0 Å². The topological polar surface area (TPSA) is 90.7 Å². The normalized spacial score (nSPS) is 12.3. The number of methoxy groups -OCH3 is 2. The molecule has 0 aliphatic heterocycles. The Balaban J connectivity index is 3.16. The number of hydrogen-bond acceptors (Lipinski definition) is 5. The van der Waals surface area contributed by atoms with Crippen LogP contribution in [0.25, 0.3) is 0 Å². The number of nitrogens with one attached hydrogen (secondary N) is 1. The highest BCUT2D eigenvalue weighted by Gasteiger charge is 2.25. The van der Waals surface area contributed by atoms with Crippen molar-refractivity contribution < 1.29 is 17.9 Å². The lowest BCUT2D eigenvalue weighted by Gasteiger charge is -2.24. The summed E-state index contributed by atoms with van der Waals surface area (Å²) in [6.07, 6.45) is 0. The molecule has 0 saturated carbocycles. The molecule has 0 unspecified atom stereocenters. The highest BCUT2D eigenvalue weighted by molar-refractivity contribution is 7.89. The number of benzene rings is 1. The number of hydrogen-bond donors (Lipinski definition) is 2. The van der Waals surface area contributed by atoms with Crippen LogP contribution in [-0.4, -0.2) is 34.7 Å². The molecule has 0 aliphatic carbocycles. The highest BCUT2D eigenvalue weighted by atomic mass is 32.2. The molecule has 0 bridgehead atoms. The van der Waals surface area contributed by atoms with E-state index in [0.717, 1.165) is 0 Å². The van der Waals surface area contributed by atoms with E-state index in [0.29, 0.717) is 11.5 Å². The van der Waals surface area contributed by atoms with Gasteiger partial charge < -0.3 is 15.2 Å². The molecule has 3 N–H and O–H groups in total. The smallest absolute Gasteiger partial charge is 0.241 e. The Morgan fingerprint density at radius 2 is 1.79 bits per heavy atom. The summed E-state index contributed by atoms with van der Waals surface area (Å²) in [4.78, 5) is 0.103. The summed E-state index contributed by atoms with van der Waals surface area (Å²) in [7, 11) is -0.715. The van der Waals surface area contributed by atoms with Crippen LogP contribution >= 0.6 is 0 Å². The number of sulfonamides is 1. The molecule has 1 rings (SSSR count). The van der Waals surface area contributed by atoms with Gasteiger partial charge in [0, 0.05) is 18.2 Å². The maximum atomic E-state index is 12.2. The van der Waals surface area contributed by atoms with Gasteiger partial charge in [0.25, 0.3) is 0 Å².